The first-order valence-electron chi connectivity index (χ1n) is 6.49. The van der Waals surface area contributed by atoms with Gasteiger partial charge in [0.2, 0.25) is 10.0 Å². The van der Waals surface area contributed by atoms with Crippen LogP contribution in [0.1, 0.15) is 17.2 Å². The Morgan fingerprint density at radius 3 is 2.64 bits per heavy atom. The highest BCUT2D eigenvalue weighted by atomic mass is 35.5. The van der Waals surface area contributed by atoms with Gasteiger partial charge in [0.25, 0.3) is 0 Å². The number of aliphatic hydroxyl groups excluding tert-OH is 1. The Labute approximate surface area is 133 Å². The molecule has 0 amide bonds. The lowest BCUT2D eigenvalue weighted by Crippen LogP contribution is -2.29. The van der Waals surface area contributed by atoms with E-state index in [-0.39, 0.29) is 16.5 Å². The summed E-state index contributed by atoms with van der Waals surface area (Å²) in [6, 6.07) is 10.2. The number of rotatable bonds is 5. The molecule has 0 radical (unpaired) electrons. The standard InChI is InChI=1S/C15H15ClFNO3S/c1-10-4-2-3-5-12(10)14(19)9-18-22(20,21)15-8-11(17)6-7-13(15)16/h2-8,14,18-19H,9H2,1H3. The molecule has 2 aromatic carbocycles. The SMILES string of the molecule is Cc1ccccc1C(O)CNS(=O)(=O)c1cc(F)ccc1Cl. The molecule has 4 nitrogen and oxygen atoms in total. The van der Waals surface area contributed by atoms with E-state index in [1.165, 1.54) is 6.07 Å². The molecule has 1 atom stereocenters. The van der Waals surface area contributed by atoms with Gasteiger partial charge < -0.3 is 5.11 Å². The topological polar surface area (TPSA) is 66.4 Å². The lowest BCUT2D eigenvalue weighted by molar-refractivity contribution is 0.181. The summed E-state index contributed by atoms with van der Waals surface area (Å²) in [5, 5.41) is 10.0. The molecule has 0 heterocycles. The number of sulfonamides is 1. The highest BCUT2D eigenvalue weighted by Crippen LogP contribution is 2.23. The van der Waals surface area contributed by atoms with Crippen molar-refractivity contribution in [3.05, 3.63) is 64.4 Å². The molecule has 2 N–H and O–H groups in total. The average molecular weight is 344 g/mol. The minimum absolute atomic E-state index is 0.0840. The highest BCUT2D eigenvalue weighted by Gasteiger charge is 2.20. The fraction of sp³-hybridized carbons (Fsp3) is 0.200. The molecule has 0 bridgehead atoms. The van der Waals surface area contributed by atoms with Crippen molar-refractivity contribution in [2.24, 2.45) is 0 Å². The molecule has 0 spiro atoms. The van der Waals surface area contributed by atoms with Crippen LogP contribution in [0.5, 0.6) is 0 Å². The Hall–Kier alpha value is -1.47. The lowest BCUT2D eigenvalue weighted by Gasteiger charge is -2.15. The Kier molecular flexibility index (Phi) is 5.18. The molecule has 0 fully saturated rings. The summed E-state index contributed by atoms with van der Waals surface area (Å²) in [7, 11) is -4.01. The Morgan fingerprint density at radius 2 is 1.95 bits per heavy atom. The van der Waals surface area contributed by atoms with Gasteiger partial charge in [-0.2, -0.15) is 0 Å². The summed E-state index contributed by atoms with van der Waals surface area (Å²) in [5.74, 6) is -0.704. The molecule has 0 aliphatic rings. The number of nitrogens with one attached hydrogen (secondary N) is 1. The molecule has 0 aliphatic heterocycles. The highest BCUT2D eigenvalue weighted by molar-refractivity contribution is 7.89. The third-order valence-electron chi connectivity index (χ3n) is 3.20. The van der Waals surface area contributed by atoms with E-state index in [1.807, 2.05) is 19.1 Å². The maximum Gasteiger partial charge on any atom is 0.242 e. The van der Waals surface area contributed by atoms with Crippen molar-refractivity contribution in [3.63, 3.8) is 0 Å². The second-order valence-corrected chi connectivity index (χ2v) is 6.94. The van der Waals surface area contributed by atoms with Crippen molar-refractivity contribution in [1.82, 2.24) is 4.72 Å². The second kappa shape index (κ2) is 6.75. The van der Waals surface area contributed by atoms with Gasteiger partial charge in [-0.25, -0.2) is 17.5 Å². The van der Waals surface area contributed by atoms with E-state index in [0.29, 0.717) is 5.56 Å². The zero-order valence-corrected chi connectivity index (χ0v) is 13.3. The van der Waals surface area contributed by atoms with Crippen LogP contribution in [0.15, 0.2) is 47.4 Å². The van der Waals surface area contributed by atoms with Gasteiger partial charge in [-0.3, -0.25) is 0 Å². The van der Waals surface area contributed by atoms with Crippen LogP contribution in [0.3, 0.4) is 0 Å². The van der Waals surface area contributed by atoms with Crippen LogP contribution >= 0.6 is 11.6 Å². The van der Waals surface area contributed by atoms with E-state index in [0.717, 1.165) is 17.7 Å². The van der Waals surface area contributed by atoms with Gasteiger partial charge in [0.15, 0.2) is 0 Å². The van der Waals surface area contributed by atoms with E-state index in [4.69, 9.17) is 11.6 Å². The molecule has 0 aromatic heterocycles. The molecule has 2 aromatic rings. The van der Waals surface area contributed by atoms with E-state index < -0.39 is 21.9 Å². The quantitative estimate of drug-likeness (QED) is 0.877. The fourth-order valence-corrected chi connectivity index (χ4v) is 3.57. The van der Waals surface area contributed by atoms with Crippen LogP contribution in [0.4, 0.5) is 4.39 Å². The number of aliphatic hydroxyl groups is 1. The van der Waals surface area contributed by atoms with Gasteiger partial charge in [0, 0.05) is 6.54 Å². The molecule has 2 rings (SSSR count). The fourth-order valence-electron chi connectivity index (χ4n) is 2.02. The van der Waals surface area contributed by atoms with Gasteiger partial charge in [-0.05, 0) is 36.2 Å². The minimum atomic E-state index is -4.01. The van der Waals surface area contributed by atoms with Gasteiger partial charge in [-0.1, -0.05) is 35.9 Å². The van der Waals surface area contributed by atoms with E-state index >= 15 is 0 Å². The average Bonchev–Trinajstić information content (AvgIpc) is 2.48. The number of hydrogen-bond acceptors (Lipinski definition) is 3. The minimum Gasteiger partial charge on any atom is -0.387 e. The van der Waals surface area contributed by atoms with Crippen LogP contribution in [-0.2, 0) is 10.0 Å². The first-order chi connectivity index (χ1) is 10.3. The molecule has 0 aliphatic carbocycles. The molecular formula is C15H15ClFNO3S. The number of halogens is 2. The molecule has 22 heavy (non-hydrogen) atoms. The largest absolute Gasteiger partial charge is 0.387 e. The van der Waals surface area contributed by atoms with Crippen molar-refractivity contribution in [1.29, 1.82) is 0 Å². The maximum absolute atomic E-state index is 13.2. The summed E-state index contributed by atoms with van der Waals surface area (Å²) in [5.41, 5.74) is 1.47. The summed E-state index contributed by atoms with van der Waals surface area (Å²) in [6.45, 7) is 1.58. The van der Waals surface area contributed by atoms with Crippen LogP contribution in [0.25, 0.3) is 0 Å². The Bertz CT molecular complexity index is 780. The second-order valence-electron chi connectivity index (χ2n) is 4.80. The van der Waals surface area contributed by atoms with Crippen LogP contribution in [0.2, 0.25) is 5.02 Å². The smallest absolute Gasteiger partial charge is 0.242 e. The third kappa shape index (κ3) is 3.84. The molecule has 7 heteroatoms. The van der Waals surface area contributed by atoms with Gasteiger partial charge >= 0.3 is 0 Å². The summed E-state index contributed by atoms with van der Waals surface area (Å²) in [6.07, 6.45) is -1.01. The van der Waals surface area contributed by atoms with Gasteiger partial charge in [0.1, 0.15) is 10.7 Å². The summed E-state index contributed by atoms with van der Waals surface area (Å²) >= 11 is 5.79. The predicted molar refractivity (Wildman–Crippen MR) is 82.7 cm³/mol. The van der Waals surface area contributed by atoms with Crippen molar-refractivity contribution in [3.8, 4) is 0 Å². The van der Waals surface area contributed by atoms with Crippen molar-refractivity contribution in [2.45, 2.75) is 17.9 Å². The first-order valence-corrected chi connectivity index (χ1v) is 8.35. The van der Waals surface area contributed by atoms with Crippen LogP contribution < -0.4 is 4.72 Å². The zero-order chi connectivity index (χ0) is 16.3. The molecular weight excluding hydrogens is 329 g/mol. The monoisotopic (exact) mass is 343 g/mol. The van der Waals surface area contributed by atoms with Crippen LogP contribution in [-0.4, -0.2) is 20.1 Å². The predicted octanol–water partition coefficient (Wildman–Crippen LogP) is 2.80. The zero-order valence-electron chi connectivity index (χ0n) is 11.8. The summed E-state index contributed by atoms with van der Waals surface area (Å²) in [4.78, 5) is -0.355. The van der Waals surface area contributed by atoms with Gasteiger partial charge in [0.05, 0.1) is 11.1 Å². The van der Waals surface area contributed by atoms with Crippen molar-refractivity contribution < 1.29 is 17.9 Å². The molecule has 118 valence electrons. The Morgan fingerprint density at radius 1 is 1.27 bits per heavy atom. The van der Waals surface area contributed by atoms with E-state index in [9.17, 15) is 17.9 Å². The number of benzene rings is 2. The summed E-state index contributed by atoms with van der Waals surface area (Å²) < 4.78 is 39.7. The third-order valence-corrected chi connectivity index (χ3v) is 5.10. The van der Waals surface area contributed by atoms with E-state index in [2.05, 4.69) is 4.72 Å². The van der Waals surface area contributed by atoms with Gasteiger partial charge in [-0.15, -0.1) is 0 Å². The molecule has 1 unspecified atom stereocenters. The number of hydrogen-bond donors (Lipinski definition) is 2. The number of aryl methyl sites for hydroxylation is 1. The molecule has 0 saturated heterocycles. The molecule has 0 saturated carbocycles. The lowest BCUT2D eigenvalue weighted by atomic mass is 10.0. The van der Waals surface area contributed by atoms with Crippen LogP contribution in [0, 0.1) is 12.7 Å². The first kappa shape index (κ1) is 16.9. The maximum atomic E-state index is 13.2. The van der Waals surface area contributed by atoms with E-state index in [1.54, 1.807) is 12.1 Å². The Balaban J connectivity index is 2.16. The van der Waals surface area contributed by atoms with Crippen molar-refractivity contribution >= 4 is 21.6 Å². The normalized spacial score (nSPS) is 13.1. The van der Waals surface area contributed by atoms with Crippen molar-refractivity contribution in [2.75, 3.05) is 6.54 Å².